The van der Waals surface area contributed by atoms with Crippen molar-refractivity contribution in [1.29, 1.82) is 0 Å². The quantitative estimate of drug-likeness (QED) is 0.806. The first-order chi connectivity index (χ1) is 8.49. The number of nitrogen functional groups attached to an aromatic ring is 1. The smallest absolute Gasteiger partial charge is 0.335 e. The number of carboxylic acid groups (broad SMARTS) is 1. The number of anilines is 2. The Labute approximate surface area is 107 Å². The van der Waals surface area contributed by atoms with Crippen molar-refractivity contribution in [2.45, 2.75) is 20.3 Å². The molecule has 2 rings (SSSR count). The molecular weight excluding hydrogens is 228 g/mol. The minimum Gasteiger partial charge on any atom is -0.478 e. The Morgan fingerprint density at radius 1 is 1.50 bits per heavy atom. The number of aromatic carboxylic acids is 1. The average Bonchev–Trinajstić information content (AvgIpc) is 2.78. The molecule has 1 aromatic rings. The maximum atomic E-state index is 11.0. The zero-order valence-corrected chi connectivity index (χ0v) is 10.9. The molecule has 0 amide bonds. The van der Waals surface area contributed by atoms with Crippen LogP contribution in [0.1, 0.15) is 30.6 Å². The molecule has 3 N–H and O–H groups in total. The van der Waals surface area contributed by atoms with Crippen molar-refractivity contribution in [2.24, 2.45) is 11.8 Å². The number of hydrogen-bond donors (Lipinski definition) is 2. The fourth-order valence-corrected chi connectivity index (χ4v) is 2.50. The fourth-order valence-electron chi connectivity index (χ4n) is 2.50. The summed E-state index contributed by atoms with van der Waals surface area (Å²) in [6, 6.07) is 4.92. The third-order valence-electron chi connectivity index (χ3n) is 3.79. The van der Waals surface area contributed by atoms with E-state index in [1.807, 2.05) is 0 Å². The molecule has 4 nitrogen and oxygen atoms in total. The van der Waals surface area contributed by atoms with Crippen molar-refractivity contribution in [3.05, 3.63) is 23.8 Å². The van der Waals surface area contributed by atoms with Crippen molar-refractivity contribution >= 4 is 17.3 Å². The van der Waals surface area contributed by atoms with Crippen LogP contribution >= 0.6 is 0 Å². The van der Waals surface area contributed by atoms with Gasteiger partial charge in [0, 0.05) is 13.1 Å². The molecule has 1 unspecified atom stereocenters. The van der Waals surface area contributed by atoms with Crippen LogP contribution in [0.2, 0.25) is 0 Å². The van der Waals surface area contributed by atoms with Crippen LogP contribution in [0.5, 0.6) is 0 Å². The molecule has 1 aromatic carbocycles. The summed E-state index contributed by atoms with van der Waals surface area (Å²) < 4.78 is 0. The normalized spacial score (nSPS) is 19.5. The van der Waals surface area contributed by atoms with Gasteiger partial charge in [-0.25, -0.2) is 4.79 Å². The molecule has 0 saturated carbocycles. The van der Waals surface area contributed by atoms with Crippen molar-refractivity contribution in [3.8, 4) is 0 Å². The SMILES string of the molecule is CC(C)C1CCN(c2cc(C(=O)O)ccc2N)C1. The lowest BCUT2D eigenvalue weighted by atomic mass is 9.95. The fraction of sp³-hybridized carbons (Fsp3) is 0.500. The standard InChI is InChI=1S/C14H20N2O2/c1-9(2)11-5-6-16(8-11)13-7-10(14(17)18)3-4-12(13)15/h3-4,7,9,11H,5-6,8,15H2,1-2H3,(H,17,18). The minimum absolute atomic E-state index is 0.298. The zero-order valence-electron chi connectivity index (χ0n) is 10.9. The summed E-state index contributed by atoms with van der Waals surface area (Å²) in [5.41, 5.74) is 7.77. The maximum absolute atomic E-state index is 11.0. The Balaban J connectivity index is 2.23. The number of carbonyl (C=O) groups is 1. The van der Waals surface area contributed by atoms with Gasteiger partial charge in [0.05, 0.1) is 16.9 Å². The molecule has 1 saturated heterocycles. The first kappa shape index (κ1) is 12.7. The predicted octanol–water partition coefficient (Wildman–Crippen LogP) is 2.45. The first-order valence-corrected chi connectivity index (χ1v) is 6.37. The third kappa shape index (κ3) is 2.42. The highest BCUT2D eigenvalue weighted by molar-refractivity contribution is 5.90. The van der Waals surface area contributed by atoms with Gasteiger partial charge >= 0.3 is 5.97 Å². The number of nitrogens with two attached hydrogens (primary N) is 1. The molecule has 0 bridgehead atoms. The molecule has 1 heterocycles. The first-order valence-electron chi connectivity index (χ1n) is 6.37. The van der Waals surface area contributed by atoms with E-state index in [2.05, 4.69) is 18.7 Å². The van der Waals surface area contributed by atoms with Crippen LogP contribution in [0.4, 0.5) is 11.4 Å². The van der Waals surface area contributed by atoms with E-state index in [1.165, 1.54) is 0 Å². The topological polar surface area (TPSA) is 66.6 Å². The van der Waals surface area contributed by atoms with Gasteiger partial charge < -0.3 is 15.7 Å². The van der Waals surface area contributed by atoms with Crippen LogP contribution in [0, 0.1) is 11.8 Å². The summed E-state index contributed by atoms with van der Waals surface area (Å²) in [5, 5.41) is 9.02. The predicted molar refractivity (Wildman–Crippen MR) is 73.0 cm³/mol. The van der Waals surface area contributed by atoms with Crippen LogP contribution in [-0.4, -0.2) is 24.2 Å². The highest BCUT2D eigenvalue weighted by Gasteiger charge is 2.26. The van der Waals surface area contributed by atoms with Gasteiger partial charge in [0.15, 0.2) is 0 Å². The second kappa shape index (κ2) is 4.88. The molecule has 18 heavy (non-hydrogen) atoms. The molecule has 0 aliphatic carbocycles. The van der Waals surface area contributed by atoms with Crippen LogP contribution in [-0.2, 0) is 0 Å². The molecule has 1 aliphatic rings. The average molecular weight is 248 g/mol. The maximum Gasteiger partial charge on any atom is 0.335 e. The van der Waals surface area contributed by atoms with Gasteiger partial charge in [-0.2, -0.15) is 0 Å². The van der Waals surface area contributed by atoms with E-state index < -0.39 is 5.97 Å². The van der Waals surface area contributed by atoms with E-state index in [0.29, 0.717) is 23.1 Å². The molecule has 98 valence electrons. The van der Waals surface area contributed by atoms with E-state index in [1.54, 1.807) is 18.2 Å². The molecule has 1 atom stereocenters. The molecule has 1 aliphatic heterocycles. The van der Waals surface area contributed by atoms with E-state index in [-0.39, 0.29) is 0 Å². The molecule has 0 spiro atoms. The Morgan fingerprint density at radius 2 is 2.22 bits per heavy atom. The van der Waals surface area contributed by atoms with Crippen LogP contribution in [0.3, 0.4) is 0 Å². The van der Waals surface area contributed by atoms with Crippen LogP contribution in [0.15, 0.2) is 18.2 Å². The Kier molecular flexibility index (Phi) is 3.45. The minimum atomic E-state index is -0.907. The number of carboxylic acids is 1. The van der Waals surface area contributed by atoms with Crippen molar-refractivity contribution < 1.29 is 9.90 Å². The lowest BCUT2D eigenvalue weighted by molar-refractivity contribution is 0.0697. The highest BCUT2D eigenvalue weighted by atomic mass is 16.4. The molecular formula is C14H20N2O2. The summed E-state index contributed by atoms with van der Waals surface area (Å²) in [6.45, 7) is 6.37. The summed E-state index contributed by atoms with van der Waals surface area (Å²) >= 11 is 0. The summed E-state index contributed by atoms with van der Waals surface area (Å²) in [5.74, 6) is 0.410. The Bertz CT molecular complexity index is 457. The lowest BCUT2D eigenvalue weighted by Gasteiger charge is -2.22. The number of nitrogens with zero attached hydrogens (tertiary/aromatic N) is 1. The van der Waals surface area contributed by atoms with Crippen molar-refractivity contribution in [3.63, 3.8) is 0 Å². The van der Waals surface area contributed by atoms with Gasteiger partial charge in [-0.1, -0.05) is 13.8 Å². The lowest BCUT2D eigenvalue weighted by Crippen LogP contribution is -2.22. The Morgan fingerprint density at radius 3 is 2.78 bits per heavy atom. The summed E-state index contributed by atoms with van der Waals surface area (Å²) in [6.07, 6.45) is 1.15. The van der Waals surface area contributed by atoms with Gasteiger partial charge in [-0.3, -0.25) is 0 Å². The zero-order chi connectivity index (χ0) is 13.3. The number of rotatable bonds is 3. The molecule has 4 heteroatoms. The highest BCUT2D eigenvalue weighted by Crippen LogP contribution is 2.32. The Hall–Kier alpha value is -1.71. The third-order valence-corrected chi connectivity index (χ3v) is 3.79. The second-order valence-corrected chi connectivity index (χ2v) is 5.32. The van der Waals surface area contributed by atoms with E-state index in [9.17, 15) is 4.79 Å². The van der Waals surface area contributed by atoms with Gasteiger partial charge in [0.1, 0.15) is 0 Å². The number of hydrogen-bond acceptors (Lipinski definition) is 3. The summed E-state index contributed by atoms with van der Waals surface area (Å²) in [7, 11) is 0. The molecule has 0 radical (unpaired) electrons. The van der Waals surface area contributed by atoms with Gasteiger partial charge in [0.2, 0.25) is 0 Å². The van der Waals surface area contributed by atoms with E-state index in [4.69, 9.17) is 10.8 Å². The van der Waals surface area contributed by atoms with E-state index in [0.717, 1.165) is 25.2 Å². The van der Waals surface area contributed by atoms with Crippen molar-refractivity contribution in [1.82, 2.24) is 0 Å². The molecule has 1 fully saturated rings. The number of benzene rings is 1. The second-order valence-electron chi connectivity index (χ2n) is 5.32. The van der Waals surface area contributed by atoms with Crippen LogP contribution < -0.4 is 10.6 Å². The van der Waals surface area contributed by atoms with Gasteiger partial charge in [-0.05, 0) is 36.5 Å². The monoisotopic (exact) mass is 248 g/mol. The van der Waals surface area contributed by atoms with E-state index >= 15 is 0 Å². The van der Waals surface area contributed by atoms with Gasteiger partial charge in [0.25, 0.3) is 0 Å². The summed E-state index contributed by atoms with van der Waals surface area (Å²) in [4.78, 5) is 13.2. The largest absolute Gasteiger partial charge is 0.478 e. The van der Waals surface area contributed by atoms with Gasteiger partial charge in [-0.15, -0.1) is 0 Å². The van der Waals surface area contributed by atoms with Crippen molar-refractivity contribution in [2.75, 3.05) is 23.7 Å². The van der Waals surface area contributed by atoms with Crippen LogP contribution in [0.25, 0.3) is 0 Å². The molecule has 0 aromatic heterocycles.